The SMILES string of the molecule is C=C=[C]c1c(C=O)cc(-c2cc(C)cc3ccccc23)cc1CCC. The fourth-order valence-electron chi connectivity index (χ4n) is 3.38. The normalized spacial score (nSPS) is 10.5. The van der Waals surface area contributed by atoms with Crippen LogP contribution in [0.15, 0.2) is 60.8 Å². The van der Waals surface area contributed by atoms with E-state index in [9.17, 15) is 4.79 Å². The molecule has 1 radical (unpaired) electrons. The van der Waals surface area contributed by atoms with E-state index in [2.05, 4.69) is 74.7 Å². The molecule has 0 fully saturated rings. The van der Waals surface area contributed by atoms with Gasteiger partial charge in [-0.15, -0.1) is 5.73 Å². The fourth-order valence-corrected chi connectivity index (χ4v) is 3.38. The largest absolute Gasteiger partial charge is 0.298 e. The van der Waals surface area contributed by atoms with Gasteiger partial charge in [0.25, 0.3) is 0 Å². The summed E-state index contributed by atoms with van der Waals surface area (Å²) in [7, 11) is 0. The third-order valence-corrected chi connectivity index (χ3v) is 4.43. The molecule has 3 aromatic carbocycles. The molecule has 3 rings (SSSR count). The van der Waals surface area contributed by atoms with Gasteiger partial charge in [0.1, 0.15) is 0 Å². The topological polar surface area (TPSA) is 17.1 Å². The minimum atomic E-state index is 0.641. The molecule has 0 N–H and O–H groups in total. The zero-order valence-electron chi connectivity index (χ0n) is 14.7. The van der Waals surface area contributed by atoms with Gasteiger partial charge >= 0.3 is 0 Å². The Morgan fingerprint density at radius 1 is 1.12 bits per heavy atom. The van der Waals surface area contributed by atoms with E-state index >= 15 is 0 Å². The van der Waals surface area contributed by atoms with Crippen LogP contribution in [-0.2, 0) is 6.42 Å². The number of hydrogen-bond donors (Lipinski definition) is 0. The Balaban J connectivity index is 2.33. The summed E-state index contributed by atoms with van der Waals surface area (Å²) in [5.41, 5.74) is 8.70. The molecule has 1 nitrogen and oxygen atoms in total. The number of fused-ring (bicyclic) bond motifs is 1. The lowest BCUT2D eigenvalue weighted by Crippen LogP contribution is -1.98. The molecule has 3 aromatic rings. The van der Waals surface area contributed by atoms with Crippen molar-refractivity contribution in [3.05, 3.63) is 89.2 Å². The smallest absolute Gasteiger partial charge is 0.150 e. The molecule has 0 aliphatic rings. The van der Waals surface area contributed by atoms with Crippen molar-refractivity contribution in [1.82, 2.24) is 0 Å². The molecule has 0 heterocycles. The quantitative estimate of drug-likeness (QED) is 0.411. The van der Waals surface area contributed by atoms with E-state index in [4.69, 9.17) is 0 Å². The predicted octanol–water partition coefficient (Wildman–Crippen LogP) is 6.07. The second-order valence-corrected chi connectivity index (χ2v) is 6.30. The van der Waals surface area contributed by atoms with Crippen molar-refractivity contribution in [2.45, 2.75) is 26.7 Å². The van der Waals surface area contributed by atoms with Crippen LogP contribution >= 0.6 is 0 Å². The summed E-state index contributed by atoms with van der Waals surface area (Å²) in [5.74, 6) is 0. The first-order chi connectivity index (χ1) is 12.2. The highest BCUT2D eigenvalue weighted by Crippen LogP contribution is 2.33. The van der Waals surface area contributed by atoms with Crippen molar-refractivity contribution < 1.29 is 4.79 Å². The second kappa shape index (κ2) is 7.34. The summed E-state index contributed by atoms with van der Waals surface area (Å²) >= 11 is 0. The van der Waals surface area contributed by atoms with Gasteiger partial charge in [-0.2, -0.15) is 0 Å². The minimum Gasteiger partial charge on any atom is -0.298 e. The average molecular weight is 325 g/mol. The maximum atomic E-state index is 11.7. The Kier molecular flexibility index (Phi) is 4.97. The summed E-state index contributed by atoms with van der Waals surface area (Å²) in [6.07, 6.45) is 5.81. The summed E-state index contributed by atoms with van der Waals surface area (Å²) in [5, 5.41) is 2.41. The first kappa shape index (κ1) is 17.0. The number of carbonyl (C=O) groups excluding carboxylic acids is 1. The lowest BCUT2D eigenvalue weighted by molar-refractivity contribution is 0.112. The van der Waals surface area contributed by atoms with Crippen LogP contribution in [0.25, 0.3) is 21.9 Å². The molecule has 0 saturated carbocycles. The molecule has 0 unspecified atom stereocenters. The molecule has 123 valence electrons. The van der Waals surface area contributed by atoms with Crippen LogP contribution in [-0.4, -0.2) is 6.29 Å². The molecule has 1 heteroatoms. The number of aryl methyl sites for hydroxylation is 2. The van der Waals surface area contributed by atoms with Crippen molar-refractivity contribution in [3.8, 4) is 11.1 Å². The number of rotatable bonds is 5. The zero-order valence-corrected chi connectivity index (χ0v) is 14.7. The molecule has 0 aliphatic carbocycles. The van der Waals surface area contributed by atoms with Crippen LogP contribution in [0.3, 0.4) is 0 Å². The predicted molar refractivity (Wildman–Crippen MR) is 105 cm³/mol. The molecular weight excluding hydrogens is 304 g/mol. The number of aldehydes is 1. The van der Waals surface area contributed by atoms with Crippen molar-refractivity contribution >= 4 is 17.1 Å². The molecule has 0 bridgehead atoms. The van der Waals surface area contributed by atoms with Crippen LogP contribution in [0, 0.1) is 13.0 Å². The van der Waals surface area contributed by atoms with E-state index in [-0.39, 0.29) is 0 Å². The molecular formula is C24H21O. The highest BCUT2D eigenvalue weighted by Gasteiger charge is 2.12. The van der Waals surface area contributed by atoms with Gasteiger partial charge in [-0.1, -0.05) is 62.4 Å². The first-order valence-corrected chi connectivity index (χ1v) is 8.58. The first-order valence-electron chi connectivity index (χ1n) is 8.58. The Hall–Kier alpha value is -2.89. The molecule has 0 spiro atoms. The van der Waals surface area contributed by atoms with Crippen LogP contribution in [0.5, 0.6) is 0 Å². The maximum absolute atomic E-state index is 11.7. The van der Waals surface area contributed by atoms with Crippen LogP contribution in [0.1, 0.15) is 40.4 Å². The van der Waals surface area contributed by atoms with Crippen molar-refractivity contribution in [1.29, 1.82) is 0 Å². The van der Waals surface area contributed by atoms with E-state index in [1.165, 1.54) is 16.3 Å². The third-order valence-electron chi connectivity index (χ3n) is 4.43. The van der Waals surface area contributed by atoms with Gasteiger partial charge in [-0.3, -0.25) is 4.79 Å². The zero-order chi connectivity index (χ0) is 17.8. The van der Waals surface area contributed by atoms with E-state index in [0.29, 0.717) is 5.56 Å². The molecule has 25 heavy (non-hydrogen) atoms. The highest BCUT2D eigenvalue weighted by atomic mass is 16.1. The second-order valence-electron chi connectivity index (χ2n) is 6.30. The monoisotopic (exact) mass is 325 g/mol. The van der Waals surface area contributed by atoms with Crippen LogP contribution < -0.4 is 0 Å². The van der Waals surface area contributed by atoms with E-state index < -0.39 is 0 Å². The van der Waals surface area contributed by atoms with Crippen molar-refractivity contribution in [2.75, 3.05) is 0 Å². The molecule has 0 aliphatic heterocycles. The standard InChI is InChI=1S/C24H21O/c1-4-8-18-14-20(15-21(16-25)22(18)9-5-2)24-13-17(3)12-19-10-6-7-11-23(19)24/h6-7,10-16H,2,4,8H2,1,3H3. The van der Waals surface area contributed by atoms with Gasteiger partial charge in [-0.25, -0.2) is 0 Å². The van der Waals surface area contributed by atoms with Gasteiger partial charge < -0.3 is 0 Å². The Morgan fingerprint density at radius 2 is 1.92 bits per heavy atom. The Bertz CT molecular complexity index is 988. The van der Waals surface area contributed by atoms with Crippen molar-refractivity contribution in [3.63, 3.8) is 0 Å². The third kappa shape index (κ3) is 3.33. The van der Waals surface area contributed by atoms with E-state index in [1.54, 1.807) is 0 Å². The molecule has 0 aromatic heterocycles. The van der Waals surface area contributed by atoms with E-state index in [0.717, 1.165) is 41.4 Å². The lowest BCUT2D eigenvalue weighted by atomic mass is 9.90. The molecule has 0 atom stereocenters. The fraction of sp³-hybridized carbons (Fsp3) is 0.167. The van der Waals surface area contributed by atoms with Crippen LogP contribution in [0.2, 0.25) is 0 Å². The molecule has 0 saturated heterocycles. The summed E-state index contributed by atoms with van der Waals surface area (Å²) in [4.78, 5) is 11.7. The van der Waals surface area contributed by atoms with Crippen molar-refractivity contribution in [2.24, 2.45) is 0 Å². The average Bonchev–Trinajstić information content (AvgIpc) is 2.62. The summed E-state index contributed by atoms with van der Waals surface area (Å²) in [6.45, 7) is 7.85. The minimum absolute atomic E-state index is 0.641. The van der Waals surface area contributed by atoms with E-state index in [1.807, 2.05) is 6.07 Å². The van der Waals surface area contributed by atoms with Gasteiger partial charge in [-0.05, 0) is 52.4 Å². The number of carbonyl (C=O) groups is 1. The Labute approximate surface area is 149 Å². The molecule has 0 amide bonds. The van der Waals surface area contributed by atoms with Gasteiger partial charge in [0.15, 0.2) is 6.29 Å². The highest BCUT2D eigenvalue weighted by molar-refractivity contribution is 5.98. The van der Waals surface area contributed by atoms with Crippen LogP contribution in [0.4, 0.5) is 0 Å². The summed E-state index contributed by atoms with van der Waals surface area (Å²) < 4.78 is 0. The van der Waals surface area contributed by atoms with Gasteiger partial charge in [0.05, 0.1) is 0 Å². The number of benzene rings is 3. The maximum Gasteiger partial charge on any atom is 0.150 e. The summed E-state index contributed by atoms with van der Waals surface area (Å²) in [6, 6.07) is 16.9. The Morgan fingerprint density at radius 3 is 2.64 bits per heavy atom. The lowest BCUT2D eigenvalue weighted by Gasteiger charge is -2.14. The number of hydrogen-bond acceptors (Lipinski definition) is 1. The van der Waals surface area contributed by atoms with Gasteiger partial charge in [0, 0.05) is 17.2 Å². The van der Waals surface area contributed by atoms with Gasteiger partial charge in [0.2, 0.25) is 0 Å².